The van der Waals surface area contributed by atoms with Gasteiger partial charge in [0.25, 0.3) is 0 Å². The molecule has 1 aromatic rings. The van der Waals surface area contributed by atoms with Crippen LogP contribution in [0.2, 0.25) is 0 Å². The average molecular weight is 278 g/mol. The Morgan fingerprint density at radius 1 is 1.40 bits per heavy atom. The molecule has 2 rings (SSSR count). The SMILES string of the molecule is CCC1COC(C)CN1CCCOc1ccccc1N. The maximum Gasteiger partial charge on any atom is 0.142 e. The Balaban J connectivity index is 1.73. The van der Waals surface area contributed by atoms with Gasteiger partial charge in [-0.05, 0) is 31.9 Å². The third-order valence-electron chi connectivity index (χ3n) is 3.82. The molecule has 1 aliphatic rings. The van der Waals surface area contributed by atoms with Gasteiger partial charge in [-0.25, -0.2) is 0 Å². The van der Waals surface area contributed by atoms with Gasteiger partial charge in [-0.2, -0.15) is 0 Å². The molecule has 1 aliphatic heterocycles. The first-order chi connectivity index (χ1) is 9.70. The van der Waals surface area contributed by atoms with Crippen molar-refractivity contribution < 1.29 is 9.47 Å². The lowest BCUT2D eigenvalue weighted by Crippen LogP contribution is -2.48. The minimum absolute atomic E-state index is 0.337. The van der Waals surface area contributed by atoms with Crippen LogP contribution >= 0.6 is 0 Å². The highest BCUT2D eigenvalue weighted by Crippen LogP contribution is 2.20. The highest BCUT2D eigenvalue weighted by molar-refractivity contribution is 5.51. The van der Waals surface area contributed by atoms with Gasteiger partial charge in [0, 0.05) is 19.1 Å². The molecule has 2 N–H and O–H groups in total. The second-order valence-corrected chi connectivity index (χ2v) is 5.44. The summed E-state index contributed by atoms with van der Waals surface area (Å²) in [4.78, 5) is 2.52. The Morgan fingerprint density at radius 3 is 2.95 bits per heavy atom. The Hall–Kier alpha value is -1.26. The number of hydrogen-bond donors (Lipinski definition) is 1. The van der Waals surface area contributed by atoms with E-state index in [2.05, 4.69) is 18.7 Å². The second-order valence-electron chi connectivity index (χ2n) is 5.44. The second kappa shape index (κ2) is 7.50. The molecule has 1 saturated heterocycles. The molecule has 1 aromatic carbocycles. The van der Waals surface area contributed by atoms with E-state index in [1.807, 2.05) is 24.3 Å². The monoisotopic (exact) mass is 278 g/mol. The summed E-state index contributed by atoms with van der Waals surface area (Å²) in [6.07, 6.45) is 2.49. The van der Waals surface area contributed by atoms with Crippen LogP contribution in [-0.4, -0.2) is 43.3 Å². The van der Waals surface area contributed by atoms with Crippen molar-refractivity contribution in [1.29, 1.82) is 0 Å². The van der Waals surface area contributed by atoms with Crippen molar-refractivity contribution in [3.8, 4) is 5.75 Å². The van der Waals surface area contributed by atoms with Gasteiger partial charge in [0.2, 0.25) is 0 Å². The van der Waals surface area contributed by atoms with Gasteiger partial charge in [-0.3, -0.25) is 4.90 Å². The van der Waals surface area contributed by atoms with Crippen molar-refractivity contribution >= 4 is 5.69 Å². The van der Waals surface area contributed by atoms with Crippen LogP contribution in [0.3, 0.4) is 0 Å². The van der Waals surface area contributed by atoms with E-state index in [4.69, 9.17) is 15.2 Å². The number of nitrogens with two attached hydrogens (primary N) is 1. The summed E-state index contributed by atoms with van der Waals surface area (Å²) in [7, 11) is 0. The average Bonchev–Trinajstić information content (AvgIpc) is 2.45. The Labute approximate surface area is 121 Å². The zero-order chi connectivity index (χ0) is 14.4. The van der Waals surface area contributed by atoms with Crippen LogP contribution in [0.5, 0.6) is 5.75 Å². The summed E-state index contributed by atoms with van der Waals surface area (Å²) in [6, 6.07) is 8.20. The maximum atomic E-state index is 5.86. The molecule has 112 valence electrons. The van der Waals surface area contributed by atoms with Crippen molar-refractivity contribution in [3.63, 3.8) is 0 Å². The fourth-order valence-corrected chi connectivity index (χ4v) is 2.62. The number of nitrogen functional groups attached to an aromatic ring is 1. The van der Waals surface area contributed by atoms with E-state index in [1.165, 1.54) is 0 Å². The number of hydrogen-bond acceptors (Lipinski definition) is 4. The standard InChI is InChI=1S/C16H26N2O2/c1-3-14-12-20-13(2)11-18(14)9-6-10-19-16-8-5-4-7-15(16)17/h4-5,7-8,13-14H,3,6,9-12,17H2,1-2H3. The molecule has 0 aromatic heterocycles. The van der Waals surface area contributed by atoms with Gasteiger partial charge in [0.1, 0.15) is 5.75 Å². The molecule has 0 aliphatic carbocycles. The Morgan fingerprint density at radius 2 is 2.20 bits per heavy atom. The quantitative estimate of drug-likeness (QED) is 0.641. The smallest absolute Gasteiger partial charge is 0.142 e. The Bertz CT molecular complexity index is 411. The van der Waals surface area contributed by atoms with E-state index in [1.54, 1.807) is 0 Å². The third-order valence-corrected chi connectivity index (χ3v) is 3.82. The van der Waals surface area contributed by atoms with Crippen molar-refractivity contribution in [2.75, 3.05) is 32.0 Å². The third kappa shape index (κ3) is 4.12. The molecule has 2 unspecified atom stereocenters. The van der Waals surface area contributed by atoms with Crippen LogP contribution in [0.1, 0.15) is 26.7 Å². The minimum atomic E-state index is 0.337. The topological polar surface area (TPSA) is 47.7 Å². The predicted molar refractivity (Wildman–Crippen MR) is 82.0 cm³/mol. The largest absolute Gasteiger partial charge is 0.491 e. The first-order valence-electron chi connectivity index (χ1n) is 7.53. The van der Waals surface area contributed by atoms with Gasteiger partial charge in [0.05, 0.1) is 25.0 Å². The fourth-order valence-electron chi connectivity index (χ4n) is 2.62. The lowest BCUT2D eigenvalue weighted by atomic mass is 10.1. The lowest BCUT2D eigenvalue weighted by molar-refractivity contribution is -0.0567. The number of rotatable bonds is 6. The van der Waals surface area contributed by atoms with E-state index < -0.39 is 0 Å². The molecule has 4 nitrogen and oxygen atoms in total. The van der Waals surface area contributed by atoms with E-state index in [0.29, 0.717) is 24.4 Å². The molecule has 0 amide bonds. The summed E-state index contributed by atoms with van der Waals surface area (Å²) < 4.78 is 11.5. The zero-order valence-electron chi connectivity index (χ0n) is 12.5. The zero-order valence-corrected chi connectivity index (χ0v) is 12.5. The highest BCUT2D eigenvalue weighted by Gasteiger charge is 2.24. The van der Waals surface area contributed by atoms with Gasteiger partial charge >= 0.3 is 0 Å². The number of para-hydroxylation sites is 2. The maximum absolute atomic E-state index is 5.86. The first kappa shape index (κ1) is 15.1. The van der Waals surface area contributed by atoms with E-state index in [-0.39, 0.29) is 0 Å². The normalized spacial score (nSPS) is 23.7. The number of nitrogens with zero attached hydrogens (tertiary/aromatic N) is 1. The van der Waals surface area contributed by atoms with E-state index >= 15 is 0 Å². The Kier molecular flexibility index (Phi) is 5.68. The van der Waals surface area contributed by atoms with Crippen LogP contribution in [0.25, 0.3) is 0 Å². The van der Waals surface area contributed by atoms with E-state index in [0.717, 1.165) is 38.3 Å². The molecule has 4 heteroatoms. The molecular formula is C16H26N2O2. The summed E-state index contributed by atoms with van der Waals surface area (Å²) in [5.41, 5.74) is 6.56. The summed E-state index contributed by atoms with van der Waals surface area (Å²) in [5.74, 6) is 0.787. The van der Waals surface area contributed by atoms with Crippen molar-refractivity contribution in [2.24, 2.45) is 0 Å². The summed E-state index contributed by atoms with van der Waals surface area (Å²) in [6.45, 7) is 7.99. The number of ether oxygens (including phenoxy) is 2. The number of benzene rings is 1. The predicted octanol–water partition coefficient (Wildman–Crippen LogP) is 2.54. The van der Waals surface area contributed by atoms with Crippen molar-refractivity contribution in [3.05, 3.63) is 24.3 Å². The van der Waals surface area contributed by atoms with Crippen molar-refractivity contribution in [1.82, 2.24) is 4.90 Å². The number of anilines is 1. The fraction of sp³-hybridized carbons (Fsp3) is 0.625. The molecule has 1 fully saturated rings. The summed E-state index contributed by atoms with van der Waals surface area (Å²) in [5, 5.41) is 0. The molecule has 2 atom stereocenters. The number of morpholine rings is 1. The van der Waals surface area contributed by atoms with Crippen LogP contribution in [0.15, 0.2) is 24.3 Å². The molecule has 0 radical (unpaired) electrons. The molecule has 0 spiro atoms. The van der Waals surface area contributed by atoms with Gasteiger partial charge in [0.15, 0.2) is 0 Å². The van der Waals surface area contributed by atoms with Gasteiger partial charge < -0.3 is 15.2 Å². The molecule has 0 bridgehead atoms. The van der Waals surface area contributed by atoms with Crippen LogP contribution in [0, 0.1) is 0 Å². The molecule has 20 heavy (non-hydrogen) atoms. The lowest BCUT2D eigenvalue weighted by Gasteiger charge is -2.38. The van der Waals surface area contributed by atoms with Gasteiger partial charge in [-0.15, -0.1) is 0 Å². The van der Waals surface area contributed by atoms with Gasteiger partial charge in [-0.1, -0.05) is 19.1 Å². The molecule has 1 heterocycles. The van der Waals surface area contributed by atoms with Crippen LogP contribution < -0.4 is 10.5 Å². The summed E-state index contributed by atoms with van der Waals surface area (Å²) >= 11 is 0. The first-order valence-corrected chi connectivity index (χ1v) is 7.53. The minimum Gasteiger partial charge on any atom is -0.491 e. The molecular weight excluding hydrogens is 252 g/mol. The van der Waals surface area contributed by atoms with Crippen molar-refractivity contribution in [2.45, 2.75) is 38.8 Å². The van der Waals surface area contributed by atoms with E-state index in [9.17, 15) is 0 Å². The highest BCUT2D eigenvalue weighted by atomic mass is 16.5. The van der Waals surface area contributed by atoms with Crippen LogP contribution in [-0.2, 0) is 4.74 Å². The van der Waals surface area contributed by atoms with Crippen LogP contribution in [0.4, 0.5) is 5.69 Å². The molecule has 0 saturated carbocycles.